The Morgan fingerprint density at radius 2 is 1.79 bits per heavy atom. The Hall–Kier alpha value is -4.40. The summed E-state index contributed by atoms with van der Waals surface area (Å²) in [6, 6.07) is 1.54. The topological polar surface area (TPSA) is 138 Å². The molecule has 1 aliphatic heterocycles. The first kappa shape index (κ1) is 34.7. The molecule has 284 valence electrons. The number of aryl methyl sites for hydroxylation is 1. The lowest BCUT2D eigenvalue weighted by Crippen LogP contribution is -2.56. The highest BCUT2D eigenvalue weighted by Gasteiger charge is 2.39. The zero-order valence-electron chi connectivity index (χ0n) is 33.0. The van der Waals surface area contributed by atoms with Crippen LogP contribution in [0.3, 0.4) is 0 Å². The summed E-state index contributed by atoms with van der Waals surface area (Å²) in [5.74, 6) is -4.04. The number of allylic oxidation sites excluding steroid dienone is 1. The van der Waals surface area contributed by atoms with Crippen molar-refractivity contribution in [1.82, 2.24) is 30.2 Å². The number of rotatable bonds is 12. The van der Waals surface area contributed by atoms with Gasteiger partial charge in [0, 0.05) is 56.0 Å². The van der Waals surface area contributed by atoms with E-state index < -0.39 is 78.2 Å². The molecular weight excluding hydrogens is 679 g/mol. The van der Waals surface area contributed by atoms with Crippen LogP contribution in [0, 0.1) is 11.7 Å². The van der Waals surface area contributed by atoms with Crippen molar-refractivity contribution in [2.75, 3.05) is 32.5 Å². The zero-order valence-corrected chi connectivity index (χ0v) is 30.0. The molecule has 2 aromatic rings. The molecule has 3 aliphatic rings. The predicted octanol–water partition coefficient (Wildman–Crippen LogP) is 5.42. The van der Waals surface area contributed by atoms with Crippen LogP contribution in [-0.4, -0.2) is 94.2 Å². The number of ether oxygens (including phenoxy) is 1. The van der Waals surface area contributed by atoms with Crippen LogP contribution in [0.1, 0.15) is 98.2 Å². The van der Waals surface area contributed by atoms with Crippen molar-refractivity contribution in [3.05, 3.63) is 59.2 Å². The third kappa shape index (κ3) is 8.96. The predicted molar refractivity (Wildman–Crippen MR) is 188 cm³/mol. The maximum absolute atomic E-state index is 15.9. The fraction of sp³-hybridized carbons (Fsp3) is 0.595. The average Bonchev–Trinajstić information content (AvgIpc) is 3.85. The van der Waals surface area contributed by atoms with Gasteiger partial charge in [-0.25, -0.2) is 9.18 Å². The second-order valence-electron chi connectivity index (χ2n) is 14.2. The molecule has 1 aromatic heterocycles. The van der Waals surface area contributed by atoms with Gasteiger partial charge < -0.3 is 30.5 Å². The van der Waals surface area contributed by atoms with Gasteiger partial charge in [-0.2, -0.15) is 13.9 Å². The largest absolute Gasteiger partial charge is 0.378 e. The number of nitrogens with zero attached hydrogens (tertiary/aromatic N) is 4. The number of anilines is 1. The second kappa shape index (κ2) is 16.5. The van der Waals surface area contributed by atoms with E-state index in [-0.39, 0.29) is 48.2 Å². The van der Waals surface area contributed by atoms with Gasteiger partial charge >= 0.3 is 6.03 Å². The average molecular weight is 733 g/mol. The smallest absolute Gasteiger partial charge is 0.318 e. The Morgan fingerprint density at radius 3 is 2.37 bits per heavy atom. The van der Waals surface area contributed by atoms with Crippen molar-refractivity contribution in [1.29, 1.82) is 0 Å². The number of piperidine rings is 1. The summed E-state index contributed by atoms with van der Waals surface area (Å²) >= 11 is 0. The number of methoxy groups -OCH3 is 1. The maximum Gasteiger partial charge on any atom is 0.318 e. The minimum absolute atomic E-state index is 0.00177. The van der Waals surface area contributed by atoms with Crippen LogP contribution in [0.4, 0.5) is 23.7 Å². The van der Waals surface area contributed by atoms with Crippen molar-refractivity contribution < 1.29 is 41.2 Å². The van der Waals surface area contributed by atoms with Crippen molar-refractivity contribution in [3.63, 3.8) is 0 Å². The Labute approximate surface area is 306 Å². The van der Waals surface area contributed by atoms with Crippen LogP contribution in [0.5, 0.6) is 0 Å². The molecule has 1 aromatic carbocycles. The number of carbonyl (C=O) groups excluding carboxylic acids is 4. The fourth-order valence-corrected chi connectivity index (χ4v) is 6.92. The third-order valence-electron chi connectivity index (χ3n) is 10.8. The van der Waals surface area contributed by atoms with Gasteiger partial charge in [0.25, 0.3) is 12.0 Å². The van der Waals surface area contributed by atoms with E-state index in [1.165, 1.54) is 29.1 Å². The number of aromatic nitrogens is 2. The normalized spacial score (nSPS) is 21.4. The maximum atomic E-state index is 15.9. The standard InChI is InChI=1S/C37H50F3N7O5/c1-6-47-29(15-18-41-47)33(48)43-31(23-7-9-24(10-8-23)32(39)40)34(49)42-28-14-11-25(21-27(28)38)22(2)30(44-36(51)45(4)26-12-13-26)35(50)46-19-16-37(3,52-5)17-20-46/h11,14-15,18,21-23,26,30-31H,6-10,12-13,16-17,19-20H2,1-5H3,(H,42,49)(H,43,48)(H,44,51)/t22-,30+,31-/m0/s1/i4D3. The molecule has 3 atom stereocenters. The molecule has 3 N–H and O–H groups in total. The van der Waals surface area contributed by atoms with Crippen LogP contribution in [0.25, 0.3) is 0 Å². The van der Waals surface area contributed by atoms with Crippen LogP contribution in [0.15, 0.2) is 42.1 Å². The lowest BCUT2D eigenvalue weighted by atomic mass is 9.81. The Bertz CT molecular complexity index is 1760. The molecule has 2 saturated carbocycles. The molecule has 0 unspecified atom stereocenters. The fourth-order valence-electron chi connectivity index (χ4n) is 6.92. The minimum Gasteiger partial charge on any atom is -0.378 e. The molecule has 52 heavy (non-hydrogen) atoms. The van der Waals surface area contributed by atoms with E-state index in [0.717, 1.165) is 11.0 Å². The van der Waals surface area contributed by atoms with E-state index in [4.69, 9.17) is 8.85 Å². The summed E-state index contributed by atoms with van der Waals surface area (Å²) in [4.78, 5) is 57.0. The highest BCUT2D eigenvalue weighted by atomic mass is 19.3. The number of halogens is 3. The van der Waals surface area contributed by atoms with E-state index in [2.05, 4.69) is 21.0 Å². The Morgan fingerprint density at radius 1 is 1.10 bits per heavy atom. The number of likely N-dealkylation sites (tertiary alicyclic amines) is 1. The summed E-state index contributed by atoms with van der Waals surface area (Å²) in [5.41, 5.74) is -0.172. The number of carbonyl (C=O) groups is 4. The summed E-state index contributed by atoms with van der Waals surface area (Å²) in [6.45, 7) is 3.65. The molecule has 1 saturated heterocycles. The van der Waals surface area contributed by atoms with Crippen molar-refractivity contribution >= 4 is 29.4 Å². The van der Waals surface area contributed by atoms with Gasteiger partial charge in [-0.05, 0) is 100 Å². The number of nitrogens with one attached hydrogen (secondary N) is 3. The SMILES string of the molecule is [2H]C([2H])([2H])N(C(=O)N[C@@H](C(=O)N1CCC(C)(OC)CC1)[C@@H](C)c1ccc(NC(=O)[C@@H](NC(=O)c2ccnn2CC)C2CCC(=C(F)F)CC2)c(F)c1)C1CC1. The van der Waals surface area contributed by atoms with Crippen molar-refractivity contribution in [2.45, 2.75) is 108 Å². The summed E-state index contributed by atoms with van der Waals surface area (Å²) in [6.07, 6.45) is 2.27. The summed E-state index contributed by atoms with van der Waals surface area (Å²) in [5, 5.41) is 12.0. The molecule has 0 radical (unpaired) electrons. The summed E-state index contributed by atoms with van der Waals surface area (Å²) in [7, 11) is 1.60. The highest BCUT2D eigenvalue weighted by Crippen LogP contribution is 2.34. The van der Waals surface area contributed by atoms with E-state index in [1.807, 2.05) is 6.92 Å². The van der Waals surface area contributed by atoms with Crippen LogP contribution in [-0.2, 0) is 20.9 Å². The molecule has 5 amide bonds. The van der Waals surface area contributed by atoms with E-state index >= 15 is 4.39 Å². The quantitative estimate of drug-likeness (QED) is 0.267. The van der Waals surface area contributed by atoms with E-state index in [0.29, 0.717) is 45.3 Å². The number of amides is 5. The van der Waals surface area contributed by atoms with Crippen LogP contribution >= 0.6 is 0 Å². The van der Waals surface area contributed by atoms with Gasteiger partial charge in [-0.1, -0.05) is 13.0 Å². The number of hydrogen-bond donors (Lipinski definition) is 3. The molecule has 15 heteroatoms. The first-order valence-corrected chi connectivity index (χ1v) is 17.9. The summed E-state index contributed by atoms with van der Waals surface area (Å²) < 4.78 is 73.4. The van der Waals surface area contributed by atoms with Crippen LogP contribution < -0.4 is 16.0 Å². The van der Waals surface area contributed by atoms with Crippen LogP contribution in [0.2, 0.25) is 0 Å². The monoisotopic (exact) mass is 732 g/mol. The minimum atomic E-state index is -2.74. The molecular formula is C37H50F3N7O5. The van der Waals surface area contributed by atoms with Gasteiger partial charge in [0.2, 0.25) is 11.8 Å². The van der Waals surface area contributed by atoms with Gasteiger partial charge in [-0.3, -0.25) is 19.1 Å². The second-order valence-corrected chi connectivity index (χ2v) is 14.2. The first-order valence-electron chi connectivity index (χ1n) is 19.4. The lowest BCUT2D eigenvalue weighted by Gasteiger charge is -2.40. The molecule has 2 heterocycles. The number of hydrogen-bond acceptors (Lipinski definition) is 6. The van der Waals surface area contributed by atoms with Crippen molar-refractivity contribution in [3.8, 4) is 0 Å². The van der Waals surface area contributed by atoms with Gasteiger partial charge in [0.15, 0.2) is 0 Å². The van der Waals surface area contributed by atoms with E-state index in [9.17, 15) is 28.0 Å². The third-order valence-corrected chi connectivity index (χ3v) is 10.8. The Kier molecular flexibility index (Phi) is 11.0. The number of urea groups is 1. The molecule has 0 bridgehead atoms. The lowest BCUT2D eigenvalue weighted by molar-refractivity contribution is -0.138. The van der Waals surface area contributed by atoms with E-state index in [1.54, 1.807) is 25.9 Å². The number of benzene rings is 1. The molecule has 12 nitrogen and oxygen atoms in total. The molecule has 3 fully saturated rings. The van der Waals surface area contributed by atoms with Gasteiger partial charge in [0.1, 0.15) is 23.6 Å². The molecule has 2 aliphatic carbocycles. The Balaban J connectivity index is 1.37. The van der Waals surface area contributed by atoms with Gasteiger partial charge in [0.05, 0.1) is 11.3 Å². The zero-order chi connectivity index (χ0) is 40.2. The molecule has 0 spiro atoms. The first-order chi connectivity index (χ1) is 26.0. The van der Waals surface area contributed by atoms with Crippen molar-refractivity contribution in [2.24, 2.45) is 5.92 Å². The molecule has 5 rings (SSSR count). The highest BCUT2D eigenvalue weighted by molar-refractivity contribution is 6.00. The van der Waals surface area contributed by atoms with Gasteiger partial charge in [-0.15, -0.1) is 0 Å².